The molecule has 6 heteroatoms. The van der Waals surface area contributed by atoms with Crippen LogP contribution in [0.25, 0.3) is 0 Å². The topological polar surface area (TPSA) is 82.4 Å². The van der Waals surface area contributed by atoms with Gasteiger partial charge in [-0.25, -0.2) is 4.79 Å². The van der Waals surface area contributed by atoms with Crippen molar-refractivity contribution >= 4 is 23.3 Å². The van der Waals surface area contributed by atoms with Crippen LogP contribution in [0, 0.1) is 11.3 Å². The first-order valence-corrected chi connectivity index (χ1v) is 9.17. The van der Waals surface area contributed by atoms with Gasteiger partial charge in [-0.3, -0.25) is 4.79 Å². The Labute approximate surface area is 164 Å². The van der Waals surface area contributed by atoms with Gasteiger partial charge in [0.05, 0.1) is 12.2 Å². The summed E-state index contributed by atoms with van der Waals surface area (Å²) >= 11 is 0. The number of fused-ring (bicyclic) bond motifs is 1. The number of hydrogen-bond donors (Lipinski definition) is 1. The van der Waals surface area contributed by atoms with E-state index >= 15 is 0 Å². The molecule has 0 radical (unpaired) electrons. The van der Waals surface area contributed by atoms with Crippen LogP contribution in [-0.2, 0) is 16.0 Å². The second-order valence-electron chi connectivity index (χ2n) is 6.33. The third-order valence-electron chi connectivity index (χ3n) is 4.45. The molecule has 0 unspecified atom stereocenters. The third-order valence-corrected chi connectivity index (χ3v) is 4.45. The average molecular weight is 375 g/mol. The second kappa shape index (κ2) is 8.87. The summed E-state index contributed by atoms with van der Waals surface area (Å²) in [6, 6.07) is 16.3. The van der Waals surface area contributed by atoms with E-state index in [2.05, 4.69) is 11.4 Å². The van der Waals surface area contributed by atoms with E-state index in [0.717, 1.165) is 25.1 Å². The van der Waals surface area contributed by atoms with E-state index in [1.807, 2.05) is 29.2 Å². The molecule has 2 aromatic rings. The van der Waals surface area contributed by atoms with Gasteiger partial charge in [-0.2, -0.15) is 5.26 Å². The molecular weight excluding hydrogens is 354 g/mol. The summed E-state index contributed by atoms with van der Waals surface area (Å²) in [6.07, 6.45) is 3.55. The van der Waals surface area contributed by atoms with Crippen molar-refractivity contribution in [3.05, 3.63) is 71.4 Å². The van der Waals surface area contributed by atoms with Crippen molar-refractivity contribution in [1.82, 2.24) is 0 Å². The van der Waals surface area contributed by atoms with Crippen LogP contribution < -0.4 is 10.2 Å². The molecule has 1 aliphatic heterocycles. The van der Waals surface area contributed by atoms with Gasteiger partial charge in [0, 0.05) is 24.1 Å². The van der Waals surface area contributed by atoms with E-state index in [1.54, 1.807) is 37.4 Å². The highest BCUT2D eigenvalue weighted by atomic mass is 16.5. The lowest BCUT2D eigenvalue weighted by molar-refractivity contribution is -0.112. The van der Waals surface area contributed by atoms with Gasteiger partial charge in [0.25, 0.3) is 5.91 Å². The average Bonchev–Trinajstić information content (AvgIpc) is 2.72. The molecule has 0 spiro atoms. The number of amides is 1. The summed E-state index contributed by atoms with van der Waals surface area (Å²) in [6.45, 7) is 2.79. The lowest BCUT2D eigenvalue weighted by Crippen LogP contribution is -2.26. The van der Waals surface area contributed by atoms with Crippen LogP contribution in [0.15, 0.2) is 60.3 Å². The fourth-order valence-electron chi connectivity index (χ4n) is 3.09. The minimum atomic E-state index is -0.491. The lowest BCUT2D eigenvalue weighted by Gasteiger charge is -2.28. The number of benzene rings is 2. The molecular formula is C22H21N3O3. The third kappa shape index (κ3) is 4.38. The van der Waals surface area contributed by atoms with Gasteiger partial charge < -0.3 is 15.0 Å². The number of nitrogens with one attached hydrogen (secondary N) is 1. The minimum absolute atomic E-state index is 0.0196. The Kier molecular flexibility index (Phi) is 6.07. The summed E-state index contributed by atoms with van der Waals surface area (Å²) < 4.78 is 4.93. The number of carbonyl (C=O) groups is 2. The Morgan fingerprint density at radius 3 is 2.68 bits per heavy atom. The van der Waals surface area contributed by atoms with Crippen molar-refractivity contribution in [3.8, 4) is 6.07 Å². The van der Waals surface area contributed by atoms with Crippen molar-refractivity contribution in [2.24, 2.45) is 0 Å². The van der Waals surface area contributed by atoms with E-state index in [4.69, 9.17) is 4.74 Å². The van der Waals surface area contributed by atoms with E-state index in [9.17, 15) is 14.9 Å². The summed E-state index contributed by atoms with van der Waals surface area (Å²) in [5.41, 5.74) is 3.15. The number of ether oxygens (including phenoxy) is 1. The van der Waals surface area contributed by atoms with Crippen LogP contribution in [0.5, 0.6) is 0 Å². The van der Waals surface area contributed by atoms with Crippen LogP contribution in [0.2, 0.25) is 0 Å². The molecule has 6 nitrogen and oxygen atoms in total. The number of aryl methyl sites for hydroxylation is 1. The van der Waals surface area contributed by atoms with E-state index in [-0.39, 0.29) is 5.57 Å². The Balaban J connectivity index is 1.73. The van der Waals surface area contributed by atoms with Gasteiger partial charge in [-0.05, 0) is 55.7 Å². The summed E-state index contributed by atoms with van der Waals surface area (Å²) in [5, 5.41) is 12.2. The molecule has 0 saturated carbocycles. The number of carbonyl (C=O) groups excluding carboxylic acids is 2. The zero-order valence-electron chi connectivity index (χ0n) is 15.6. The molecule has 1 N–H and O–H groups in total. The van der Waals surface area contributed by atoms with Gasteiger partial charge in [-0.15, -0.1) is 0 Å². The molecule has 3 rings (SSSR count). The van der Waals surface area contributed by atoms with Crippen LogP contribution in [0.1, 0.15) is 29.3 Å². The standard InChI is InChI=1S/C22H21N3O3/c1-2-28-22(27)17-9-11-19(12-10-17)24-21(26)18(14-23)15-25-13-5-7-16-6-3-4-8-20(16)25/h3-4,6,8-12,15H,2,5,7,13H2,1H3,(H,24,26)/b18-15-. The Hall–Kier alpha value is -3.59. The zero-order valence-corrected chi connectivity index (χ0v) is 15.6. The fourth-order valence-corrected chi connectivity index (χ4v) is 3.09. The highest BCUT2D eigenvalue weighted by molar-refractivity contribution is 6.07. The maximum atomic E-state index is 12.5. The lowest BCUT2D eigenvalue weighted by atomic mass is 10.0. The first kappa shape index (κ1) is 19.2. The van der Waals surface area contributed by atoms with Crippen LogP contribution in [0.4, 0.5) is 11.4 Å². The molecule has 0 atom stereocenters. The minimum Gasteiger partial charge on any atom is -0.462 e. The molecule has 0 fully saturated rings. The Morgan fingerprint density at radius 2 is 1.96 bits per heavy atom. The van der Waals surface area contributed by atoms with Crippen molar-refractivity contribution < 1.29 is 14.3 Å². The maximum absolute atomic E-state index is 12.5. The van der Waals surface area contributed by atoms with E-state index in [1.165, 1.54) is 5.56 Å². The SMILES string of the molecule is CCOC(=O)c1ccc(NC(=O)/C(C#N)=C\N2CCCc3ccccc32)cc1. The first-order chi connectivity index (χ1) is 13.6. The normalized spacial score (nSPS) is 13.3. The van der Waals surface area contributed by atoms with Crippen molar-refractivity contribution in [3.63, 3.8) is 0 Å². The summed E-state index contributed by atoms with van der Waals surface area (Å²) in [7, 11) is 0. The first-order valence-electron chi connectivity index (χ1n) is 9.17. The number of hydrogen-bond acceptors (Lipinski definition) is 5. The van der Waals surface area contributed by atoms with Gasteiger partial charge in [0.1, 0.15) is 11.6 Å². The van der Waals surface area contributed by atoms with Gasteiger partial charge in [0.2, 0.25) is 0 Å². The highest BCUT2D eigenvalue weighted by Gasteiger charge is 2.18. The van der Waals surface area contributed by atoms with E-state index < -0.39 is 11.9 Å². The second-order valence-corrected chi connectivity index (χ2v) is 6.33. The number of nitrogens with zero attached hydrogens (tertiary/aromatic N) is 2. The zero-order chi connectivity index (χ0) is 19.9. The van der Waals surface area contributed by atoms with Gasteiger partial charge >= 0.3 is 5.97 Å². The predicted octanol–water partition coefficient (Wildman–Crippen LogP) is 3.66. The number of nitriles is 1. The largest absolute Gasteiger partial charge is 0.462 e. The predicted molar refractivity (Wildman–Crippen MR) is 107 cm³/mol. The Morgan fingerprint density at radius 1 is 1.21 bits per heavy atom. The van der Waals surface area contributed by atoms with E-state index in [0.29, 0.717) is 17.9 Å². The monoisotopic (exact) mass is 375 g/mol. The smallest absolute Gasteiger partial charge is 0.338 e. The van der Waals surface area contributed by atoms with Crippen LogP contribution in [-0.4, -0.2) is 25.0 Å². The summed E-state index contributed by atoms with van der Waals surface area (Å²) in [5.74, 6) is -0.906. The number of anilines is 2. The molecule has 1 aliphatic rings. The molecule has 0 aromatic heterocycles. The van der Waals surface area contributed by atoms with Crippen LogP contribution >= 0.6 is 0 Å². The van der Waals surface area contributed by atoms with Gasteiger partial charge in [0.15, 0.2) is 0 Å². The fraction of sp³-hybridized carbons (Fsp3) is 0.227. The molecule has 1 amide bonds. The van der Waals surface area contributed by atoms with Gasteiger partial charge in [-0.1, -0.05) is 18.2 Å². The molecule has 0 aliphatic carbocycles. The molecule has 142 valence electrons. The number of esters is 1. The molecule has 28 heavy (non-hydrogen) atoms. The Bertz CT molecular complexity index is 942. The molecule has 0 bridgehead atoms. The highest BCUT2D eigenvalue weighted by Crippen LogP contribution is 2.27. The molecule has 2 aromatic carbocycles. The molecule has 1 heterocycles. The summed E-state index contributed by atoms with van der Waals surface area (Å²) in [4.78, 5) is 26.2. The number of para-hydroxylation sites is 1. The van der Waals surface area contributed by atoms with Crippen molar-refractivity contribution in [2.75, 3.05) is 23.4 Å². The maximum Gasteiger partial charge on any atom is 0.338 e. The number of rotatable bonds is 5. The molecule has 0 saturated heterocycles. The van der Waals surface area contributed by atoms with Crippen LogP contribution in [0.3, 0.4) is 0 Å². The van der Waals surface area contributed by atoms with Crippen molar-refractivity contribution in [2.45, 2.75) is 19.8 Å². The quantitative estimate of drug-likeness (QED) is 0.490. The van der Waals surface area contributed by atoms with Crippen molar-refractivity contribution in [1.29, 1.82) is 5.26 Å².